The first-order valence-corrected chi connectivity index (χ1v) is 10.7. The van der Waals surface area contributed by atoms with Crippen LogP contribution in [0.2, 0.25) is 0 Å². The number of pyridine rings is 1. The molecule has 0 saturated carbocycles. The topological polar surface area (TPSA) is 123 Å². The number of halogens is 2. The van der Waals surface area contributed by atoms with Crippen LogP contribution in [0.15, 0.2) is 47.4 Å². The van der Waals surface area contributed by atoms with Crippen LogP contribution in [0, 0.1) is 0 Å². The van der Waals surface area contributed by atoms with Crippen molar-refractivity contribution < 1.29 is 18.0 Å². The SMILES string of the molecule is CN1CCc2[nH]cnc2[C@H]1c1cc2c(C(F)F)cccn2n1.Cn1ccc(-c2nnc(C=O)o2)n1. The highest BCUT2D eigenvalue weighted by Gasteiger charge is 2.31. The fourth-order valence-corrected chi connectivity index (χ4v) is 4.05. The number of fused-ring (bicyclic) bond motifs is 2. The molecule has 6 heterocycles. The number of aryl methyl sites for hydroxylation is 1. The molecule has 0 aromatic carbocycles. The molecule has 5 aromatic heterocycles. The molecule has 0 fully saturated rings. The standard InChI is InChI=1S/C15H15F2N5.C7H6N4O2/c1-21-6-4-10-13(19-8-18-10)14(21)11-7-12-9(15(16)17)3-2-5-22(12)20-11;1-11-3-2-5(10-11)7-9-8-6(4-12)13-7/h2-3,5,7-8,14-15H,4,6H2,1H3,(H,18,19);2-4H,1H3/t14-;/m1./s1. The van der Waals surface area contributed by atoms with Crippen molar-refractivity contribution in [2.24, 2.45) is 7.05 Å². The Labute approximate surface area is 197 Å². The molecule has 0 radical (unpaired) electrons. The van der Waals surface area contributed by atoms with Gasteiger partial charge in [-0.3, -0.25) is 14.4 Å². The first kappa shape index (κ1) is 22.5. The predicted molar refractivity (Wildman–Crippen MR) is 119 cm³/mol. The van der Waals surface area contributed by atoms with Gasteiger partial charge in [0.1, 0.15) is 5.69 Å². The van der Waals surface area contributed by atoms with Crippen molar-refractivity contribution in [1.29, 1.82) is 0 Å². The summed E-state index contributed by atoms with van der Waals surface area (Å²) in [4.78, 5) is 19.9. The van der Waals surface area contributed by atoms with Crippen molar-refractivity contribution in [2.75, 3.05) is 13.6 Å². The van der Waals surface area contributed by atoms with E-state index in [0.717, 1.165) is 30.0 Å². The first-order chi connectivity index (χ1) is 16.9. The van der Waals surface area contributed by atoms with Crippen LogP contribution in [0.1, 0.15) is 45.8 Å². The molecule has 0 saturated heterocycles. The smallest absolute Gasteiger partial charge is 0.281 e. The van der Waals surface area contributed by atoms with Crippen LogP contribution in [0.3, 0.4) is 0 Å². The Bertz CT molecular complexity index is 1470. The monoisotopic (exact) mass is 481 g/mol. The number of carbonyl (C=O) groups excluding carboxylic acids is 1. The number of hydrogen-bond donors (Lipinski definition) is 1. The van der Waals surface area contributed by atoms with Crippen LogP contribution >= 0.6 is 0 Å². The van der Waals surface area contributed by atoms with E-state index in [1.165, 1.54) is 10.6 Å². The first-order valence-electron chi connectivity index (χ1n) is 10.7. The molecular formula is C22H21F2N9O2. The van der Waals surface area contributed by atoms with Gasteiger partial charge in [-0.2, -0.15) is 10.2 Å². The van der Waals surface area contributed by atoms with Gasteiger partial charge in [-0.25, -0.2) is 18.3 Å². The van der Waals surface area contributed by atoms with Gasteiger partial charge in [-0.1, -0.05) is 0 Å². The molecule has 6 rings (SSSR count). The minimum atomic E-state index is -2.52. The van der Waals surface area contributed by atoms with E-state index >= 15 is 0 Å². The molecule has 1 aliphatic heterocycles. The van der Waals surface area contributed by atoms with Crippen LogP contribution in [0.5, 0.6) is 0 Å². The molecule has 5 aromatic rings. The Morgan fingerprint density at radius 2 is 2.06 bits per heavy atom. The number of imidazole rings is 1. The van der Waals surface area contributed by atoms with Gasteiger partial charge in [0.05, 0.1) is 29.3 Å². The van der Waals surface area contributed by atoms with E-state index in [-0.39, 0.29) is 23.4 Å². The average Bonchev–Trinajstić information content (AvgIpc) is 3.64. The average molecular weight is 481 g/mol. The summed E-state index contributed by atoms with van der Waals surface area (Å²) in [5, 5.41) is 15.7. The molecular weight excluding hydrogens is 460 g/mol. The normalized spacial score (nSPS) is 15.7. The van der Waals surface area contributed by atoms with Crippen molar-refractivity contribution in [1.82, 2.24) is 44.5 Å². The summed E-state index contributed by atoms with van der Waals surface area (Å²) in [7, 11) is 3.78. The highest BCUT2D eigenvalue weighted by molar-refractivity contribution is 5.67. The molecule has 13 heteroatoms. The van der Waals surface area contributed by atoms with E-state index in [9.17, 15) is 13.6 Å². The van der Waals surface area contributed by atoms with Gasteiger partial charge in [0.15, 0.2) is 0 Å². The van der Waals surface area contributed by atoms with E-state index in [1.54, 1.807) is 48.6 Å². The van der Waals surface area contributed by atoms with Gasteiger partial charge in [0, 0.05) is 43.7 Å². The molecule has 11 nitrogen and oxygen atoms in total. The highest BCUT2D eigenvalue weighted by Crippen LogP contribution is 2.33. The Morgan fingerprint density at radius 3 is 2.77 bits per heavy atom. The minimum absolute atomic E-state index is 0.00182. The lowest BCUT2D eigenvalue weighted by atomic mass is 10.0. The number of aromatic nitrogens is 8. The van der Waals surface area contributed by atoms with Gasteiger partial charge in [-0.05, 0) is 31.3 Å². The number of H-pyrrole nitrogens is 1. The Balaban J connectivity index is 0.000000166. The second kappa shape index (κ2) is 9.18. The predicted octanol–water partition coefficient (Wildman–Crippen LogP) is 2.85. The third-order valence-corrected chi connectivity index (χ3v) is 5.71. The quantitative estimate of drug-likeness (QED) is 0.389. The number of rotatable bonds is 4. The summed E-state index contributed by atoms with van der Waals surface area (Å²) < 4.78 is 34.4. The van der Waals surface area contributed by atoms with Crippen molar-refractivity contribution in [3.63, 3.8) is 0 Å². The lowest BCUT2D eigenvalue weighted by Gasteiger charge is -2.30. The van der Waals surface area contributed by atoms with Crippen molar-refractivity contribution in [3.8, 4) is 11.6 Å². The van der Waals surface area contributed by atoms with E-state index in [0.29, 0.717) is 17.5 Å². The molecule has 180 valence electrons. The molecule has 0 spiro atoms. The molecule has 35 heavy (non-hydrogen) atoms. The Hall–Kier alpha value is -4.26. The molecule has 0 amide bonds. The molecule has 0 aliphatic carbocycles. The minimum Gasteiger partial charge on any atom is -0.412 e. The number of hydrogen-bond acceptors (Lipinski definition) is 8. The zero-order valence-electron chi connectivity index (χ0n) is 18.8. The van der Waals surface area contributed by atoms with Crippen LogP contribution < -0.4 is 0 Å². The van der Waals surface area contributed by atoms with Crippen molar-refractivity contribution in [3.05, 3.63) is 71.5 Å². The van der Waals surface area contributed by atoms with Crippen LogP contribution in [-0.4, -0.2) is 64.3 Å². The number of aldehydes is 1. The maximum atomic E-state index is 13.1. The fraction of sp³-hybridized carbons (Fsp3) is 0.273. The maximum absolute atomic E-state index is 13.1. The lowest BCUT2D eigenvalue weighted by molar-refractivity contribution is 0.109. The maximum Gasteiger partial charge on any atom is 0.281 e. The molecule has 1 atom stereocenters. The van der Waals surface area contributed by atoms with Gasteiger partial charge < -0.3 is 9.40 Å². The number of likely N-dealkylation sites (N-methyl/N-ethyl adjacent to an activating group) is 1. The third kappa shape index (κ3) is 4.33. The van der Waals surface area contributed by atoms with Crippen molar-refractivity contribution in [2.45, 2.75) is 18.9 Å². The van der Waals surface area contributed by atoms with E-state index in [4.69, 9.17) is 4.42 Å². The highest BCUT2D eigenvalue weighted by atomic mass is 19.3. The van der Waals surface area contributed by atoms with Crippen LogP contribution in [0.25, 0.3) is 17.1 Å². The largest absolute Gasteiger partial charge is 0.412 e. The number of aromatic amines is 1. The number of nitrogens with one attached hydrogen (secondary N) is 1. The van der Waals surface area contributed by atoms with Gasteiger partial charge in [0.25, 0.3) is 18.2 Å². The zero-order valence-corrected chi connectivity index (χ0v) is 18.8. The molecule has 0 unspecified atom stereocenters. The van der Waals surface area contributed by atoms with Gasteiger partial charge in [0.2, 0.25) is 6.29 Å². The number of alkyl halides is 2. The summed E-state index contributed by atoms with van der Waals surface area (Å²) in [5.74, 6) is 0.211. The molecule has 0 bridgehead atoms. The Morgan fingerprint density at radius 1 is 1.20 bits per heavy atom. The Kier molecular flexibility index (Phi) is 5.91. The summed E-state index contributed by atoms with van der Waals surface area (Å²) in [6.07, 6.45) is 4.01. The number of nitrogens with zero attached hydrogens (tertiary/aromatic N) is 8. The molecule has 1 aliphatic rings. The summed E-state index contributed by atoms with van der Waals surface area (Å²) in [6, 6.07) is 6.39. The molecule has 1 N–H and O–H groups in total. The zero-order chi connectivity index (χ0) is 24.5. The van der Waals surface area contributed by atoms with Crippen molar-refractivity contribution >= 4 is 11.8 Å². The van der Waals surface area contributed by atoms with Gasteiger partial charge in [-0.15, -0.1) is 10.2 Å². The number of carbonyl (C=O) groups is 1. The van der Waals surface area contributed by atoms with E-state index < -0.39 is 6.43 Å². The van der Waals surface area contributed by atoms with E-state index in [2.05, 4.69) is 35.3 Å². The summed E-state index contributed by atoms with van der Waals surface area (Å²) >= 11 is 0. The van der Waals surface area contributed by atoms with E-state index in [1.807, 2.05) is 7.05 Å². The second-order valence-corrected chi connectivity index (χ2v) is 8.00. The fourth-order valence-electron chi connectivity index (χ4n) is 4.05. The van der Waals surface area contributed by atoms with Crippen LogP contribution in [-0.2, 0) is 13.5 Å². The summed E-state index contributed by atoms with van der Waals surface area (Å²) in [6.45, 7) is 0.870. The van der Waals surface area contributed by atoms with Crippen LogP contribution in [0.4, 0.5) is 8.78 Å². The van der Waals surface area contributed by atoms with Gasteiger partial charge >= 0.3 is 0 Å². The second-order valence-electron chi connectivity index (χ2n) is 8.00. The third-order valence-electron chi connectivity index (χ3n) is 5.71. The summed E-state index contributed by atoms with van der Waals surface area (Å²) in [5.41, 5.74) is 3.77. The lowest BCUT2D eigenvalue weighted by Crippen LogP contribution is -2.33.